The van der Waals surface area contributed by atoms with E-state index in [2.05, 4.69) is 9.84 Å². The van der Waals surface area contributed by atoms with E-state index in [-0.39, 0.29) is 0 Å². The van der Waals surface area contributed by atoms with E-state index in [9.17, 15) is 13.6 Å². The van der Waals surface area contributed by atoms with E-state index in [4.69, 9.17) is 0 Å². The van der Waals surface area contributed by atoms with Gasteiger partial charge in [-0.25, -0.2) is 8.78 Å². The zero-order valence-electron chi connectivity index (χ0n) is 8.48. The van der Waals surface area contributed by atoms with Crippen LogP contribution in [0.15, 0.2) is 12.4 Å². The second-order valence-corrected chi connectivity index (χ2v) is 3.15. The van der Waals surface area contributed by atoms with E-state index in [1.165, 1.54) is 24.2 Å². The van der Waals surface area contributed by atoms with Crippen molar-refractivity contribution in [3.05, 3.63) is 18.0 Å². The number of halogens is 2. The van der Waals surface area contributed by atoms with Gasteiger partial charge in [-0.15, -0.1) is 0 Å². The zero-order chi connectivity index (χ0) is 11.4. The number of hydrogen-bond donors (Lipinski definition) is 0. The van der Waals surface area contributed by atoms with Crippen molar-refractivity contribution in [2.45, 2.75) is 18.8 Å². The maximum Gasteiger partial charge on any atom is 0.313 e. The molecule has 1 rings (SSSR count). The molecule has 0 aliphatic carbocycles. The molecule has 1 atom stereocenters. The van der Waals surface area contributed by atoms with Crippen molar-refractivity contribution in [3.63, 3.8) is 0 Å². The van der Waals surface area contributed by atoms with Crippen molar-refractivity contribution in [2.24, 2.45) is 7.05 Å². The summed E-state index contributed by atoms with van der Waals surface area (Å²) in [6.07, 6.45) is -0.166. The number of ether oxygens (including phenoxy) is 1. The summed E-state index contributed by atoms with van der Waals surface area (Å²) in [6, 6.07) is 0. The highest BCUT2D eigenvalue weighted by Gasteiger charge is 2.26. The molecule has 1 aromatic rings. The number of nitrogens with zero attached hydrogens (tertiary/aromatic N) is 2. The quantitative estimate of drug-likeness (QED) is 0.716. The number of rotatable bonds is 4. The van der Waals surface area contributed by atoms with Crippen LogP contribution in [-0.4, -0.2) is 29.3 Å². The van der Waals surface area contributed by atoms with Gasteiger partial charge in [-0.3, -0.25) is 9.48 Å². The minimum Gasteiger partial charge on any atom is -0.469 e. The summed E-state index contributed by atoms with van der Waals surface area (Å²) in [5.74, 6) is -1.60. The summed E-state index contributed by atoms with van der Waals surface area (Å²) in [7, 11) is 2.83. The lowest BCUT2D eigenvalue weighted by Crippen LogP contribution is -2.16. The number of carbonyl (C=O) groups is 1. The Balaban J connectivity index is 2.85. The molecule has 1 unspecified atom stereocenters. The van der Waals surface area contributed by atoms with E-state index in [0.717, 1.165) is 0 Å². The first-order valence-electron chi connectivity index (χ1n) is 4.39. The van der Waals surface area contributed by atoms with Gasteiger partial charge in [-0.1, -0.05) is 0 Å². The number of methoxy groups -OCH3 is 1. The molecule has 1 heterocycles. The van der Waals surface area contributed by atoms with Crippen LogP contribution in [0, 0.1) is 0 Å². The van der Waals surface area contributed by atoms with Gasteiger partial charge in [0.15, 0.2) is 0 Å². The van der Waals surface area contributed by atoms with E-state index in [1.807, 2.05) is 0 Å². The molecular weight excluding hydrogens is 206 g/mol. The Morgan fingerprint density at radius 1 is 1.67 bits per heavy atom. The van der Waals surface area contributed by atoms with Crippen LogP contribution in [-0.2, 0) is 16.6 Å². The van der Waals surface area contributed by atoms with Crippen LogP contribution in [0.3, 0.4) is 0 Å². The van der Waals surface area contributed by atoms with Crippen molar-refractivity contribution in [3.8, 4) is 0 Å². The average molecular weight is 218 g/mol. The van der Waals surface area contributed by atoms with Gasteiger partial charge in [0.1, 0.15) is 0 Å². The molecule has 0 aliphatic heterocycles. The average Bonchev–Trinajstić information content (AvgIpc) is 2.59. The number of hydrogen-bond acceptors (Lipinski definition) is 3. The van der Waals surface area contributed by atoms with Crippen molar-refractivity contribution in [2.75, 3.05) is 7.11 Å². The van der Waals surface area contributed by atoms with Gasteiger partial charge >= 0.3 is 5.97 Å². The second-order valence-electron chi connectivity index (χ2n) is 3.15. The normalized spacial score (nSPS) is 12.9. The first-order chi connectivity index (χ1) is 7.04. The standard InChI is InChI=1S/C9H12F2N2O2/c1-13-5-6(4-12-13)7(3-8(10)11)9(14)15-2/h4-5,7-8H,3H2,1-2H3. The van der Waals surface area contributed by atoms with Crippen LogP contribution in [0.4, 0.5) is 8.78 Å². The number of alkyl halides is 2. The fourth-order valence-electron chi connectivity index (χ4n) is 1.31. The molecule has 84 valence electrons. The molecule has 4 nitrogen and oxygen atoms in total. The van der Waals surface area contributed by atoms with Crippen molar-refractivity contribution in [1.29, 1.82) is 0 Å². The smallest absolute Gasteiger partial charge is 0.313 e. The third-order valence-electron chi connectivity index (χ3n) is 2.03. The molecule has 0 aliphatic rings. The van der Waals surface area contributed by atoms with Crippen LogP contribution in [0.2, 0.25) is 0 Å². The lowest BCUT2D eigenvalue weighted by molar-refractivity contribution is -0.143. The fourth-order valence-corrected chi connectivity index (χ4v) is 1.31. The molecule has 6 heteroatoms. The number of esters is 1. The van der Waals surface area contributed by atoms with Crippen LogP contribution in [0.1, 0.15) is 17.9 Å². The van der Waals surface area contributed by atoms with Crippen LogP contribution < -0.4 is 0 Å². The molecule has 0 saturated carbocycles. The summed E-state index contributed by atoms with van der Waals surface area (Å²) in [5.41, 5.74) is 0.449. The Kier molecular flexibility index (Phi) is 3.76. The second kappa shape index (κ2) is 4.86. The highest BCUT2D eigenvalue weighted by molar-refractivity contribution is 5.77. The molecule has 0 bridgehead atoms. The predicted octanol–water partition coefficient (Wildman–Crippen LogP) is 1.33. The molecule has 0 amide bonds. The summed E-state index contributed by atoms with van der Waals surface area (Å²) in [5, 5.41) is 3.83. The summed E-state index contributed by atoms with van der Waals surface area (Å²) in [4.78, 5) is 11.3. The monoisotopic (exact) mass is 218 g/mol. The third-order valence-corrected chi connectivity index (χ3v) is 2.03. The van der Waals surface area contributed by atoms with Gasteiger partial charge in [0, 0.05) is 25.2 Å². The maximum atomic E-state index is 12.2. The van der Waals surface area contributed by atoms with Gasteiger partial charge in [0.2, 0.25) is 6.43 Å². The highest BCUT2D eigenvalue weighted by atomic mass is 19.3. The highest BCUT2D eigenvalue weighted by Crippen LogP contribution is 2.23. The molecule has 0 spiro atoms. The van der Waals surface area contributed by atoms with Gasteiger partial charge in [-0.05, 0) is 0 Å². The fraction of sp³-hybridized carbons (Fsp3) is 0.556. The third kappa shape index (κ3) is 3.00. The van der Waals surface area contributed by atoms with E-state index < -0.39 is 24.7 Å². The molecule has 15 heavy (non-hydrogen) atoms. The van der Waals surface area contributed by atoms with Gasteiger partial charge in [-0.2, -0.15) is 5.10 Å². The molecular formula is C9H12F2N2O2. The number of aromatic nitrogens is 2. The van der Waals surface area contributed by atoms with Gasteiger partial charge in [0.05, 0.1) is 19.2 Å². The Morgan fingerprint density at radius 3 is 2.73 bits per heavy atom. The molecule has 0 N–H and O–H groups in total. The molecule has 1 aromatic heterocycles. The summed E-state index contributed by atoms with van der Waals surface area (Å²) in [6.45, 7) is 0. The summed E-state index contributed by atoms with van der Waals surface area (Å²) < 4.78 is 30.4. The SMILES string of the molecule is COC(=O)C(CC(F)F)c1cnn(C)c1. The predicted molar refractivity (Wildman–Crippen MR) is 48.6 cm³/mol. The van der Waals surface area contributed by atoms with E-state index in [0.29, 0.717) is 5.56 Å². The van der Waals surface area contributed by atoms with Crippen molar-refractivity contribution >= 4 is 5.97 Å². The zero-order valence-corrected chi connectivity index (χ0v) is 8.48. The molecule has 0 fully saturated rings. The minimum absolute atomic E-state index is 0.449. The van der Waals surface area contributed by atoms with Crippen molar-refractivity contribution < 1.29 is 18.3 Å². The van der Waals surface area contributed by atoms with Crippen LogP contribution >= 0.6 is 0 Å². The first-order valence-corrected chi connectivity index (χ1v) is 4.39. The van der Waals surface area contributed by atoms with E-state index in [1.54, 1.807) is 7.05 Å². The maximum absolute atomic E-state index is 12.2. The van der Waals surface area contributed by atoms with Crippen molar-refractivity contribution in [1.82, 2.24) is 9.78 Å². The number of carbonyl (C=O) groups excluding carboxylic acids is 1. The lowest BCUT2D eigenvalue weighted by Gasteiger charge is -2.11. The first kappa shape index (κ1) is 11.6. The molecule has 0 radical (unpaired) electrons. The molecule has 0 aromatic carbocycles. The molecule has 0 saturated heterocycles. The largest absolute Gasteiger partial charge is 0.469 e. The Labute approximate surface area is 85.8 Å². The topological polar surface area (TPSA) is 44.1 Å². The minimum atomic E-state index is -2.55. The summed E-state index contributed by atoms with van der Waals surface area (Å²) >= 11 is 0. The lowest BCUT2D eigenvalue weighted by atomic mass is 9.99. The van der Waals surface area contributed by atoms with Crippen LogP contribution in [0.5, 0.6) is 0 Å². The van der Waals surface area contributed by atoms with Gasteiger partial charge in [0.25, 0.3) is 0 Å². The van der Waals surface area contributed by atoms with Gasteiger partial charge < -0.3 is 4.74 Å². The number of aryl methyl sites for hydroxylation is 1. The Hall–Kier alpha value is -1.46. The Morgan fingerprint density at radius 2 is 2.33 bits per heavy atom. The van der Waals surface area contributed by atoms with E-state index >= 15 is 0 Å². The Bertz CT molecular complexity index is 339. The van der Waals surface area contributed by atoms with Crippen LogP contribution in [0.25, 0.3) is 0 Å².